The highest BCUT2D eigenvalue weighted by Gasteiger charge is 2.24. The summed E-state index contributed by atoms with van der Waals surface area (Å²) in [6.45, 7) is 0.0674. The summed E-state index contributed by atoms with van der Waals surface area (Å²) < 4.78 is 31.2. The molecule has 0 fully saturated rings. The molecule has 0 bridgehead atoms. The van der Waals surface area contributed by atoms with Gasteiger partial charge in [0.15, 0.2) is 0 Å². The van der Waals surface area contributed by atoms with Gasteiger partial charge in [-0.3, -0.25) is 4.68 Å². The summed E-state index contributed by atoms with van der Waals surface area (Å²) >= 11 is 0. The summed E-state index contributed by atoms with van der Waals surface area (Å²) in [5.41, 5.74) is 0. The minimum absolute atomic E-state index is 0.0228. The van der Waals surface area contributed by atoms with Crippen molar-refractivity contribution in [2.45, 2.75) is 11.0 Å². The summed E-state index contributed by atoms with van der Waals surface area (Å²) in [5.74, 6) is 0. The Kier molecular flexibility index (Phi) is 4.63. The third-order valence-electron chi connectivity index (χ3n) is 2.22. The van der Waals surface area contributed by atoms with Crippen LogP contribution in [0.2, 0.25) is 0 Å². The Hall–Kier alpha value is -0.960. The molecule has 98 valence electrons. The lowest BCUT2D eigenvalue weighted by Crippen LogP contribution is -2.36. The van der Waals surface area contributed by atoms with Gasteiger partial charge in [-0.15, -0.1) is 0 Å². The number of hydrogen-bond donors (Lipinski definition) is 1. The minimum Gasteiger partial charge on any atom is -0.389 e. The van der Waals surface area contributed by atoms with Gasteiger partial charge in [-0.1, -0.05) is 0 Å². The van der Waals surface area contributed by atoms with Crippen molar-refractivity contribution in [2.75, 3.05) is 27.3 Å². The SMILES string of the molecule is COCC(O)CN(C)S(=O)(=O)c1cnn(C)c1. The van der Waals surface area contributed by atoms with Crippen molar-refractivity contribution >= 4 is 10.0 Å². The van der Waals surface area contributed by atoms with Crippen LogP contribution in [0, 0.1) is 0 Å². The molecule has 0 aliphatic rings. The topological polar surface area (TPSA) is 84.7 Å². The van der Waals surface area contributed by atoms with Gasteiger partial charge in [0, 0.05) is 33.9 Å². The van der Waals surface area contributed by atoms with E-state index in [2.05, 4.69) is 5.10 Å². The maximum absolute atomic E-state index is 12.0. The molecule has 0 saturated heterocycles. The molecule has 1 N–H and O–H groups in total. The molecule has 7 nitrogen and oxygen atoms in total. The highest BCUT2D eigenvalue weighted by atomic mass is 32.2. The fourth-order valence-corrected chi connectivity index (χ4v) is 2.55. The van der Waals surface area contributed by atoms with Gasteiger partial charge in [0.1, 0.15) is 4.90 Å². The van der Waals surface area contributed by atoms with E-state index in [0.29, 0.717) is 0 Å². The molecule has 0 spiro atoms. The number of likely N-dealkylation sites (N-methyl/N-ethyl adjacent to an activating group) is 1. The van der Waals surface area contributed by atoms with E-state index in [1.165, 1.54) is 31.2 Å². The molecule has 1 rings (SSSR count). The van der Waals surface area contributed by atoms with Gasteiger partial charge in [-0.05, 0) is 0 Å². The van der Waals surface area contributed by atoms with Crippen molar-refractivity contribution in [3.63, 3.8) is 0 Å². The number of nitrogens with zero attached hydrogens (tertiary/aromatic N) is 3. The van der Waals surface area contributed by atoms with E-state index in [9.17, 15) is 13.5 Å². The van der Waals surface area contributed by atoms with Crippen LogP contribution in [-0.2, 0) is 21.8 Å². The van der Waals surface area contributed by atoms with E-state index >= 15 is 0 Å². The van der Waals surface area contributed by atoms with Crippen LogP contribution in [0.15, 0.2) is 17.3 Å². The Bertz CT molecular complexity index is 457. The summed E-state index contributed by atoms with van der Waals surface area (Å²) in [6.07, 6.45) is 1.83. The van der Waals surface area contributed by atoms with Crippen molar-refractivity contribution < 1.29 is 18.3 Å². The van der Waals surface area contributed by atoms with Gasteiger partial charge in [-0.2, -0.15) is 9.40 Å². The average Bonchev–Trinajstić information content (AvgIpc) is 2.65. The Morgan fingerprint density at radius 3 is 2.76 bits per heavy atom. The highest BCUT2D eigenvalue weighted by Crippen LogP contribution is 2.12. The number of hydrogen-bond acceptors (Lipinski definition) is 5. The number of methoxy groups -OCH3 is 1. The standard InChI is InChI=1S/C9H17N3O4S/c1-11-6-9(4-10-11)17(14,15)12(2)5-8(13)7-16-3/h4,6,8,13H,5,7H2,1-3H3. The number of aliphatic hydroxyl groups excluding tert-OH is 1. The number of ether oxygens (including phenoxy) is 1. The van der Waals surface area contributed by atoms with Gasteiger partial charge in [0.25, 0.3) is 0 Å². The first kappa shape index (κ1) is 14.1. The second kappa shape index (κ2) is 5.58. The summed E-state index contributed by atoms with van der Waals surface area (Å²) in [4.78, 5) is 0.104. The molecular formula is C9H17N3O4S. The zero-order chi connectivity index (χ0) is 13.1. The van der Waals surface area contributed by atoms with Crippen molar-refractivity contribution in [2.24, 2.45) is 7.05 Å². The van der Waals surface area contributed by atoms with E-state index in [-0.39, 0.29) is 18.0 Å². The van der Waals surface area contributed by atoms with Crippen LogP contribution < -0.4 is 0 Å². The first-order valence-corrected chi connectivity index (χ1v) is 6.44. The fraction of sp³-hybridized carbons (Fsp3) is 0.667. The molecule has 0 saturated carbocycles. The summed E-state index contributed by atoms with van der Waals surface area (Å²) in [7, 11) is 0.888. The molecule has 1 unspecified atom stereocenters. The highest BCUT2D eigenvalue weighted by molar-refractivity contribution is 7.89. The van der Waals surface area contributed by atoms with Crippen LogP contribution in [0.1, 0.15) is 0 Å². The van der Waals surface area contributed by atoms with Crippen molar-refractivity contribution in [1.82, 2.24) is 14.1 Å². The Morgan fingerprint density at radius 1 is 1.65 bits per heavy atom. The molecule has 0 aromatic carbocycles. The van der Waals surface area contributed by atoms with Crippen molar-refractivity contribution in [3.8, 4) is 0 Å². The minimum atomic E-state index is -3.60. The lowest BCUT2D eigenvalue weighted by molar-refractivity contribution is 0.0554. The molecule has 1 atom stereocenters. The number of aromatic nitrogens is 2. The van der Waals surface area contributed by atoms with E-state index in [1.54, 1.807) is 7.05 Å². The monoisotopic (exact) mass is 263 g/mol. The largest absolute Gasteiger partial charge is 0.389 e. The van der Waals surface area contributed by atoms with Gasteiger partial charge in [0.2, 0.25) is 10.0 Å². The van der Waals surface area contributed by atoms with Crippen molar-refractivity contribution in [1.29, 1.82) is 0 Å². The van der Waals surface area contributed by atoms with E-state index in [1.807, 2.05) is 0 Å². The van der Waals surface area contributed by atoms with Crippen LogP contribution in [0.3, 0.4) is 0 Å². The molecule has 1 heterocycles. The van der Waals surface area contributed by atoms with Crippen LogP contribution in [0.25, 0.3) is 0 Å². The first-order chi connectivity index (χ1) is 7.87. The maximum atomic E-state index is 12.0. The zero-order valence-electron chi connectivity index (χ0n) is 10.1. The molecule has 0 aliphatic carbocycles. The van der Waals surface area contributed by atoms with Crippen LogP contribution in [-0.4, -0.2) is 61.0 Å². The molecule has 0 amide bonds. The van der Waals surface area contributed by atoms with E-state index < -0.39 is 16.1 Å². The molecular weight excluding hydrogens is 246 g/mol. The number of aryl methyl sites for hydroxylation is 1. The number of rotatable bonds is 6. The van der Waals surface area contributed by atoms with Gasteiger partial charge < -0.3 is 9.84 Å². The molecule has 1 aromatic rings. The Morgan fingerprint density at radius 2 is 2.29 bits per heavy atom. The molecule has 8 heteroatoms. The van der Waals surface area contributed by atoms with Crippen LogP contribution in [0.4, 0.5) is 0 Å². The lowest BCUT2D eigenvalue weighted by Gasteiger charge is -2.19. The lowest BCUT2D eigenvalue weighted by atomic mass is 10.4. The van der Waals surface area contributed by atoms with Crippen LogP contribution >= 0.6 is 0 Å². The third-order valence-corrected chi connectivity index (χ3v) is 3.99. The first-order valence-electron chi connectivity index (χ1n) is 5.00. The van der Waals surface area contributed by atoms with Gasteiger partial charge in [0.05, 0.1) is 18.9 Å². The predicted octanol–water partition coefficient (Wildman–Crippen LogP) is -0.952. The molecule has 0 aliphatic heterocycles. The third kappa shape index (κ3) is 3.50. The van der Waals surface area contributed by atoms with Gasteiger partial charge in [-0.25, -0.2) is 8.42 Å². The second-order valence-electron chi connectivity index (χ2n) is 3.74. The average molecular weight is 263 g/mol. The fourth-order valence-electron chi connectivity index (χ4n) is 1.35. The van der Waals surface area contributed by atoms with E-state index in [0.717, 1.165) is 4.31 Å². The smallest absolute Gasteiger partial charge is 0.246 e. The molecule has 1 aromatic heterocycles. The quantitative estimate of drug-likeness (QED) is 0.715. The molecule has 17 heavy (non-hydrogen) atoms. The number of sulfonamides is 1. The van der Waals surface area contributed by atoms with Crippen molar-refractivity contribution in [3.05, 3.63) is 12.4 Å². The Balaban J connectivity index is 2.77. The van der Waals surface area contributed by atoms with Crippen LogP contribution in [0.5, 0.6) is 0 Å². The summed E-state index contributed by atoms with van der Waals surface area (Å²) in [6, 6.07) is 0. The normalized spacial score (nSPS) is 14.2. The maximum Gasteiger partial charge on any atom is 0.246 e. The zero-order valence-corrected chi connectivity index (χ0v) is 10.9. The van der Waals surface area contributed by atoms with E-state index in [4.69, 9.17) is 4.74 Å². The van der Waals surface area contributed by atoms with Gasteiger partial charge >= 0.3 is 0 Å². The summed E-state index contributed by atoms with van der Waals surface area (Å²) in [5, 5.41) is 13.3. The number of aliphatic hydroxyl groups is 1. The molecule has 0 radical (unpaired) electrons. The predicted molar refractivity (Wildman–Crippen MR) is 60.9 cm³/mol. The Labute approximate surface area is 101 Å². The second-order valence-corrected chi connectivity index (χ2v) is 5.79.